The Morgan fingerprint density at radius 2 is 1.50 bits per heavy atom. The lowest BCUT2D eigenvalue weighted by molar-refractivity contribution is 0.115. The molecule has 1 heteroatoms. The molecule has 0 aliphatic heterocycles. The van der Waals surface area contributed by atoms with Crippen molar-refractivity contribution in [1.82, 2.24) is 0 Å². The van der Waals surface area contributed by atoms with Gasteiger partial charge in [-0.1, -0.05) is 48.9 Å². The van der Waals surface area contributed by atoms with E-state index in [0.29, 0.717) is 0 Å². The number of hydrogen-bond donors (Lipinski definition) is 0. The Labute approximate surface area is 170 Å². The largest absolute Gasteiger partial charge is 0.192 e. The van der Waals surface area contributed by atoms with Gasteiger partial charge in [-0.25, -0.2) is 0 Å². The van der Waals surface area contributed by atoms with Gasteiger partial charge in [-0.3, -0.25) is 0 Å². The van der Waals surface area contributed by atoms with Gasteiger partial charge in [-0.2, -0.15) is 5.26 Å². The zero-order valence-electron chi connectivity index (χ0n) is 16.8. The van der Waals surface area contributed by atoms with Crippen LogP contribution >= 0.6 is 0 Å². The molecule has 4 atom stereocenters. The predicted molar refractivity (Wildman–Crippen MR) is 117 cm³/mol. The first kappa shape index (κ1) is 19.0. The van der Waals surface area contributed by atoms with Crippen LogP contribution < -0.4 is 0 Å². The standard InChI is InChI=1S/C27H31N/c1-2-3-4-20-5-10-27-18-26(16-15-25(27)17-20)24-13-11-23(12-14-24)22-8-6-21(19-28)7-9-22/h2,6-9,11-14,20,25-27H,1,3-5,10,15-18H2. The second kappa shape index (κ2) is 8.78. The molecular weight excluding hydrogens is 338 g/mol. The molecule has 0 heterocycles. The Morgan fingerprint density at radius 1 is 0.857 bits per heavy atom. The number of benzene rings is 2. The molecule has 1 nitrogen and oxygen atoms in total. The average Bonchev–Trinajstić information content (AvgIpc) is 2.77. The van der Waals surface area contributed by atoms with E-state index in [0.717, 1.165) is 29.2 Å². The summed E-state index contributed by atoms with van der Waals surface area (Å²) in [6, 6.07) is 19.3. The second-order valence-corrected chi connectivity index (χ2v) is 8.89. The summed E-state index contributed by atoms with van der Waals surface area (Å²) in [5.41, 5.74) is 4.66. The van der Waals surface area contributed by atoms with Gasteiger partial charge in [-0.05, 0) is 97.4 Å². The third-order valence-electron chi connectivity index (χ3n) is 7.23. The van der Waals surface area contributed by atoms with E-state index < -0.39 is 0 Å². The van der Waals surface area contributed by atoms with Gasteiger partial charge in [0.15, 0.2) is 0 Å². The molecule has 2 saturated carbocycles. The molecule has 28 heavy (non-hydrogen) atoms. The van der Waals surface area contributed by atoms with E-state index in [9.17, 15) is 0 Å². The molecule has 0 saturated heterocycles. The highest BCUT2D eigenvalue weighted by atomic mass is 14.4. The minimum absolute atomic E-state index is 0.719. The summed E-state index contributed by atoms with van der Waals surface area (Å²) >= 11 is 0. The van der Waals surface area contributed by atoms with Crippen LogP contribution in [-0.2, 0) is 0 Å². The van der Waals surface area contributed by atoms with Crippen molar-refractivity contribution in [3.05, 3.63) is 72.3 Å². The van der Waals surface area contributed by atoms with Crippen LogP contribution in [0.4, 0.5) is 0 Å². The second-order valence-electron chi connectivity index (χ2n) is 8.89. The third kappa shape index (κ3) is 4.22. The van der Waals surface area contributed by atoms with Crippen LogP contribution in [0.2, 0.25) is 0 Å². The molecule has 0 amide bonds. The summed E-state index contributed by atoms with van der Waals surface area (Å²) in [5.74, 6) is 3.60. The van der Waals surface area contributed by atoms with E-state index in [4.69, 9.17) is 5.26 Å². The van der Waals surface area contributed by atoms with Gasteiger partial charge in [0, 0.05) is 0 Å². The lowest BCUT2D eigenvalue weighted by Crippen LogP contribution is -2.30. The highest BCUT2D eigenvalue weighted by Gasteiger charge is 2.35. The first-order chi connectivity index (χ1) is 13.8. The van der Waals surface area contributed by atoms with Gasteiger partial charge in [0.25, 0.3) is 0 Å². The zero-order valence-corrected chi connectivity index (χ0v) is 16.8. The van der Waals surface area contributed by atoms with Gasteiger partial charge in [0.2, 0.25) is 0 Å². The lowest BCUT2D eigenvalue weighted by atomic mass is 9.63. The SMILES string of the molecule is C=CCCC1CCC2CC(c3ccc(-c4ccc(C#N)cc4)cc3)CCC2C1. The van der Waals surface area contributed by atoms with Crippen molar-refractivity contribution in [3.63, 3.8) is 0 Å². The van der Waals surface area contributed by atoms with Crippen LogP contribution in [0.3, 0.4) is 0 Å². The van der Waals surface area contributed by atoms with E-state index in [1.807, 2.05) is 24.3 Å². The molecule has 0 N–H and O–H groups in total. The minimum Gasteiger partial charge on any atom is -0.192 e. The zero-order chi connectivity index (χ0) is 19.3. The molecule has 2 aliphatic carbocycles. The molecule has 0 radical (unpaired) electrons. The molecule has 2 fully saturated rings. The van der Waals surface area contributed by atoms with E-state index in [1.165, 1.54) is 68.1 Å². The van der Waals surface area contributed by atoms with E-state index in [2.05, 4.69) is 43.0 Å². The van der Waals surface area contributed by atoms with Gasteiger partial charge in [0.05, 0.1) is 11.6 Å². The topological polar surface area (TPSA) is 23.8 Å². The van der Waals surface area contributed by atoms with Crippen LogP contribution in [0.5, 0.6) is 0 Å². The van der Waals surface area contributed by atoms with Crippen LogP contribution in [0.25, 0.3) is 11.1 Å². The third-order valence-corrected chi connectivity index (χ3v) is 7.23. The number of nitrogens with zero attached hydrogens (tertiary/aromatic N) is 1. The maximum Gasteiger partial charge on any atom is 0.0991 e. The molecule has 4 unspecified atom stereocenters. The Kier molecular flexibility index (Phi) is 5.96. The minimum atomic E-state index is 0.719. The van der Waals surface area contributed by atoms with Crippen molar-refractivity contribution < 1.29 is 0 Å². The molecule has 4 rings (SSSR count). The molecule has 144 valence electrons. The van der Waals surface area contributed by atoms with Gasteiger partial charge >= 0.3 is 0 Å². The van der Waals surface area contributed by atoms with Crippen LogP contribution in [0.1, 0.15) is 68.4 Å². The number of rotatable bonds is 5. The smallest absolute Gasteiger partial charge is 0.0991 e. The Balaban J connectivity index is 1.38. The Morgan fingerprint density at radius 3 is 2.18 bits per heavy atom. The van der Waals surface area contributed by atoms with Crippen LogP contribution in [-0.4, -0.2) is 0 Å². The summed E-state index contributed by atoms with van der Waals surface area (Å²) in [6.07, 6.45) is 13.1. The van der Waals surface area contributed by atoms with Crippen molar-refractivity contribution in [3.8, 4) is 17.2 Å². The predicted octanol–water partition coefficient (Wildman–Crippen LogP) is 7.49. The maximum atomic E-state index is 8.96. The van der Waals surface area contributed by atoms with Crippen molar-refractivity contribution >= 4 is 0 Å². The summed E-state index contributed by atoms with van der Waals surface area (Å²) < 4.78 is 0. The fourth-order valence-corrected chi connectivity index (χ4v) is 5.59. The average molecular weight is 370 g/mol. The lowest BCUT2D eigenvalue weighted by Gasteiger charge is -2.42. The molecular formula is C27H31N. The summed E-state index contributed by atoms with van der Waals surface area (Å²) in [6.45, 7) is 3.89. The highest BCUT2D eigenvalue weighted by molar-refractivity contribution is 5.64. The van der Waals surface area contributed by atoms with Crippen molar-refractivity contribution in [2.24, 2.45) is 17.8 Å². The monoisotopic (exact) mass is 369 g/mol. The molecule has 2 aromatic rings. The van der Waals surface area contributed by atoms with Crippen molar-refractivity contribution in [2.75, 3.05) is 0 Å². The van der Waals surface area contributed by atoms with Gasteiger partial charge in [0.1, 0.15) is 0 Å². The van der Waals surface area contributed by atoms with Gasteiger partial charge < -0.3 is 0 Å². The molecule has 2 aromatic carbocycles. The number of hydrogen-bond acceptors (Lipinski definition) is 1. The fourth-order valence-electron chi connectivity index (χ4n) is 5.59. The maximum absolute atomic E-state index is 8.96. The number of nitriles is 1. The Bertz CT molecular complexity index is 824. The quantitative estimate of drug-likeness (QED) is 0.501. The highest BCUT2D eigenvalue weighted by Crippen LogP contribution is 2.48. The van der Waals surface area contributed by atoms with Crippen molar-refractivity contribution in [1.29, 1.82) is 5.26 Å². The van der Waals surface area contributed by atoms with Crippen LogP contribution in [0, 0.1) is 29.1 Å². The van der Waals surface area contributed by atoms with Crippen LogP contribution in [0.15, 0.2) is 61.2 Å². The number of fused-ring (bicyclic) bond motifs is 1. The van der Waals surface area contributed by atoms with E-state index >= 15 is 0 Å². The van der Waals surface area contributed by atoms with Gasteiger partial charge in [-0.15, -0.1) is 6.58 Å². The molecule has 0 spiro atoms. The molecule has 0 bridgehead atoms. The fraction of sp³-hybridized carbons (Fsp3) is 0.444. The summed E-state index contributed by atoms with van der Waals surface area (Å²) in [7, 11) is 0. The Hall–Kier alpha value is -2.33. The summed E-state index contributed by atoms with van der Waals surface area (Å²) in [4.78, 5) is 0. The normalized spacial score (nSPS) is 26.8. The first-order valence-corrected chi connectivity index (χ1v) is 11.0. The molecule has 2 aliphatic rings. The van der Waals surface area contributed by atoms with E-state index in [1.54, 1.807) is 0 Å². The first-order valence-electron chi connectivity index (χ1n) is 11.0. The summed E-state index contributed by atoms with van der Waals surface area (Å²) in [5, 5.41) is 8.96. The molecule has 0 aromatic heterocycles. The van der Waals surface area contributed by atoms with E-state index in [-0.39, 0.29) is 0 Å². The number of allylic oxidation sites excluding steroid dienone is 1. The van der Waals surface area contributed by atoms with Crippen molar-refractivity contribution in [2.45, 2.75) is 57.3 Å².